The summed E-state index contributed by atoms with van der Waals surface area (Å²) in [5.41, 5.74) is 0.897. The van der Waals surface area contributed by atoms with Gasteiger partial charge in [-0.05, 0) is 80.7 Å². The van der Waals surface area contributed by atoms with Crippen LogP contribution >= 0.6 is 0 Å². The molecule has 3 saturated carbocycles. The Bertz CT molecular complexity index is 1630. The van der Waals surface area contributed by atoms with Crippen LogP contribution in [0.3, 0.4) is 0 Å². The minimum absolute atomic E-state index is 0.0287. The minimum Gasteiger partial charge on any atom is -0.486 e. The number of allylic oxidation sites excluding steroid dienone is 4. The van der Waals surface area contributed by atoms with Crippen molar-refractivity contribution in [3.05, 3.63) is 88.3 Å². The van der Waals surface area contributed by atoms with Crippen molar-refractivity contribution >= 4 is 11.6 Å². The molecule has 0 aromatic heterocycles. The van der Waals surface area contributed by atoms with Gasteiger partial charge in [0, 0.05) is 16.7 Å². The summed E-state index contributed by atoms with van der Waals surface area (Å²) < 4.78 is 35.3. The van der Waals surface area contributed by atoms with Crippen molar-refractivity contribution in [2.24, 2.45) is 28.6 Å². The molecule has 7 rings (SSSR count). The molecule has 4 fully saturated rings. The second-order valence-electron chi connectivity index (χ2n) is 14.2. The predicted octanol–water partition coefficient (Wildman–Crippen LogP) is 5.62. The lowest BCUT2D eigenvalue weighted by atomic mass is 9.46. The lowest BCUT2D eigenvalue weighted by Crippen LogP contribution is -2.63. The second kappa shape index (κ2) is 10.7. The summed E-state index contributed by atoms with van der Waals surface area (Å²) in [5, 5.41) is 22.1. The van der Waals surface area contributed by atoms with Crippen LogP contribution in [0.15, 0.2) is 60.2 Å². The van der Waals surface area contributed by atoms with Gasteiger partial charge in [0.1, 0.15) is 13.2 Å². The fourth-order valence-corrected chi connectivity index (χ4v) is 9.85. The highest BCUT2D eigenvalue weighted by molar-refractivity contribution is 6.01. The number of halogens is 1. The number of rotatable bonds is 6. The van der Waals surface area contributed by atoms with Crippen molar-refractivity contribution in [2.45, 2.75) is 84.1 Å². The Morgan fingerprint density at radius 1 is 1.18 bits per heavy atom. The van der Waals surface area contributed by atoms with Crippen molar-refractivity contribution in [2.75, 3.05) is 6.61 Å². The second-order valence-corrected chi connectivity index (χ2v) is 14.2. The zero-order valence-electron chi connectivity index (χ0n) is 26.2. The highest BCUT2D eigenvalue weighted by atomic mass is 19.1. The number of carbonyl (C=O) groups excluding carboxylic acids is 2. The Morgan fingerprint density at radius 3 is 2.73 bits per heavy atom. The van der Waals surface area contributed by atoms with Gasteiger partial charge in [0.25, 0.3) is 0 Å². The van der Waals surface area contributed by atoms with Gasteiger partial charge in [0.15, 0.2) is 35.0 Å². The maximum atomic E-state index is 16.2. The summed E-state index contributed by atoms with van der Waals surface area (Å²) in [6.07, 6.45) is 4.77. The lowest BCUT2D eigenvalue weighted by molar-refractivity contribution is -0.201. The van der Waals surface area contributed by atoms with Crippen molar-refractivity contribution in [1.29, 1.82) is 0 Å². The number of Topliss-reactive ketones (excluding diaryl/α,β-unsaturated/α-hetero) is 1. The molecule has 4 aliphatic carbocycles. The molecular formula is C37H41FO7. The van der Waals surface area contributed by atoms with Gasteiger partial charge >= 0.3 is 0 Å². The van der Waals surface area contributed by atoms with Crippen LogP contribution in [0.1, 0.15) is 68.1 Å². The fraction of sp³-hybridized carbons (Fsp3) is 0.514. The molecule has 9 atom stereocenters. The number of aryl methyl sites for hydroxylation is 2. The molecule has 45 heavy (non-hydrogen) atoms. The van der Waals surface area contributed by atoms with Gasteiger partial charge in [-0.15, -0.1) is 0 Å². The van der Waals surface area contributed by atoms with E-state index in [1.54, 1.807) is 31.2 Å². The molecule has 0 amide bonds. The molecular weight excluding hydrogens is 575 g/mol. The van der Waals surface area contributed by atoms with E-state index in [-0.39, 0.29) is 47.9 Å². The third-order valence-electron chi connectivity index (χ3n) is 11.9. The number of carbonyl (C=O) groups is 2. The molecule has 0 unspecified atom stereocenters. The highest BCUT2D eigenvalue weighted by Crippen LogP contribution is 2.70. The molecule has 2 aromatic carbocycles. The van der Waals surface area contributed by atoms with Crippen LogP contribution in [-0.2, 0) is 25.7 Å². The fourth-order valence-electron chi connectivity index (χ4n) is 9.85. The summed E-state index contributed by atoms with van der Waals surface area (Å²) in [5.74, 6) is -1.25. The molecule has 1 heterocycles. The average Bonchev–Trinajstić information content (AvgIpc) is 3.49. The van der Waals surface area contributed by atoms with Crippen molar-refractivity contribution in [1.82, 2.24) is 0 Å². The van der Waals surface area contributed by atoms with E-state index in [0.717, 1.165) is 29.5 Å². The van der Waals surface area contributed by atoms with E-state index >= 15 is 4.39 Å². The van der Waals surface area contributed by atoms with Gasteiger partial charge in [-0.3, -0.25) is 9.59 Å². The van der Waals surface area contributed by atoms with Crippen LogP contribution in [0.25, 0.3) is 0 Å². The Morgan fingerprint density at radius 2 is 1.98 bits per heavy atom. The van der Waals surface area contributed by atoms with Crippen LogP contribution in [0.2, 0.25) is 0 Å². The van der Waals surface area contributed by atoms with Gasteiger partial charge in [0.2, 0.25) is 0 Å². The van der Waals surface area contributed by atoms with Crippen molar-refractivity contribution in [3.63, 3.8) is 0 Å². The number of hydrogen-bond donors (Lipinski definition) is 2. The quantitative estimate of drug-likeness (QED) is 0.434. The molecule has 0 radical (unpaired) electrons. The third kappa shape index (κ3) is 4.36. The number of ketones is 2. The first-order chi connectivity index (χ1) is 21.4. The maximum absolute atomic E-state index is 16.2. The number of fused-ring (bicyclic) bond motifs is 7. The Kier molecular flexibility index (Phi) is 7.24. The summed E-state index contributed by atoms with van der Waals surface area (Å²) >= 11 is 0. The monoisotopic (exact) mass is 616 g/mol. The molecule has 5 aliphatic rings. The smallest absolute Gasteiger partial charge is 0.193 e. The molecule has 238 valence electrons. The van der Waals surface area contributed by atoms with Crippen molar-refractivity contribution < 1.29 is 38.4 Å². The first-order valence-corrected chi connectivity index (χ1v) is 16.0. The first kappa shape index (κ1) is 30.5. The Balaban J connectivity index is 1.21. The zero-order chi connectivity index (χ0) is 31.9. The zero-order valence-corrected chi connectivity index (χ0v) is 26.2. The summed E-state index contributed by atoms with van der Waals surface area (Å²) in [4.78, 5) is 26.1. The van der Waals surface area contributed by atoms with E-state index in [9.17, 15) is 19.8 Å². The summed E-state index contributed by atoms with van der Waals surface area (Å²) in [7, 11) is 0. The number of ether oxygens (including phenoxy) is 3. The van der Waals surface area contributed by atoms with Crippen LogP contribution < -0.4 is 4.74 Å². The number of hydrogen-bond acceptors (Lipinski definition) is 7. The first-order valence-electron chi connectivity index (χ1n) is 16.0. The van der Waals surface area contributed by atoms with Crippen LogP contribution in [-0.4, -0.2) is 46.2 Å². The third-order valence-corrected chi connectivity index (χ3v) is 11.9. The van der Waals surface area contributed by atoms with Gasteiger partial charge in [-0.2, -0.15) is 0 Å². The summed E-state index contributed by atoms with van der Waals surface area (Å²) in [6.45, 7) is 7.24. The van der Waals surface area contributed by atoms with Gasteiger partial charge < -0.3 is 24.4 Å². The number of aliphatic hydroxyl groups is 2. The molecule has 0 bridgehead atoms. The standard InChI is InChI=1S/C37H41FO7/c1-20-6-5-7-22(14-20)19-43-28-11-8-21(2)31(33(28)38)34-44-30-16-26-25-10-9-23-15-24(40)12-13-35(23,3)32(25)27(41)17-36(26,4)37(30,45-34)29(42)18-39/h5-8,11-15,25-27,30,32,34,39,41H,9-10,16-19H2,1-4H3/t25-,26-,27-,30+,32+,34+,35-,36-,37+/m0/s1. The van der Waals surface area contributed by atoms with Crippen molar-refractivity contribution in [3.8, 4) is 5.75 Å². The molecule has 1 saturated heterocycles. The Labute approximate surface area is 263 Å². The lowest BCUT2D eigenvalue weighted by Gasteiger charge is -2.59. The highest BCUT2D eigenvalue weighted by Gasteiger charge is 2.76. The van der Waals surface area contributed by atoms with Crippen LogP contribution in [0, 0.1) is 48.2 Å². The average molecular weight is 617 g/mol. The van der Waals surface area contributed by atoms with Gasteiger partial charge in [-0.25, -0.2) is 4.39 Å². The molecule has 2 N–H and O–H groups in total. The van der Waals surface area contributed by atoms with Crippen LogP contribution in [0.4, 0.5) is 4.39 Å². The van der Waals surface area contributed by atoms with Crippen LogP contribution in [0.5, 0.6) is 5.75 Å². The van der Waals surface area contributed by atoms with E-state index in [2.05, 4.69) is 6.92 Å². The van der Waals surface area contributed by atoms with E-state index in [1.807, 2.05) is 44.2 Å². The Hall–Kier alpha value is -3.17. The SMILES string of the molecule is Cc1cccc(COc2ccc(C)c([C@@H]3O[C@@H]4C[C@H]5[C@@H]6CCC7=CC(=O)C=C[C@]7(C)[C@H]6[C@@H](O)C[C@]5(C)[C@]4(C(=O)CO)O3)c2F)c1. The van der Waals surface area contributed by atoms with E-state index in [1.165, 1.54) is 0 Å². The predicted molar refractivity (Wildman–Crippen MR) is 164 cm³/mol. The molecule has 7 nitrogen and oxygen atoms in total. The van der Waals surface area contributed by atoms with E-state index in [0.29, 0.717) is 12.0 Å². The topological polar surface area (TPSA) is 102 Å². The van der Waals surface area contributed by atoms with E-state index < -0.39 is 53.1 Å². The minimum atomic E-state index is -1.56. The summed E-state index contributed by atoms with van der Waals surface area (Å²) in [6, 6.07) is 11.1. The maximum Gasteiger partial charge on any atom is 0.193 e. The van der Waals surface area contributed by atoms with Gasteiger partial charge in [-0.1, -0.05) is 61.4 Å². The number of aliphatic hydroxyl groups excluding tert-OH is 2. The molecule has 8 heteroatoms. The molecule has 2 aromatic rings. The largest absolute Gasteiger partial charge is 0.486 e. The molecule has 0 spiro atoms. The molecule has 1 aliphatic heterocycles. The number of benzene rings is 2. The normalized spacial score (nSPS) is 38.2. The van der Waals surface area contributed by atoms with E-state index in [4.69, 9.17) is 14.2 Å². The van der Waals surface area contributed by atoms with Gasteiger partial charge in [0.05, 0.1) is 17.8 Å².